The van der Waals surface area contributed by atoms with Gasteiger partial charge in [0.1, 0.15) is 0 Å². The van der Waals surface area contributed by atoms with Crippen molar-refractivity contribution in [3.05, 3.63) is 59.7 Å². The third kappa shape index (κ3) is 4.12. The first-order chi connectivity index (χ1) is 14.9. The van der Waals surface area contributed by atoms with Crippen molar-refractivity contribution < 1.29 is 42.7 Å². The lowest BCUT2D eigenvalue weighted by Crippen LogP contribution is -3.00. The van der Waals surface area contributed by atoms with Crippen LogP contribution in [0.2, 0.25) is 0 Å². The molecule has 6 heteroatoms. The Kier molecular flexibility index (Phi) is 6.47. The normalized spacial score (nSPS) is 29.0. The second kappa shape index (κ2) is 8.86. The van der Waals surface area contributed by atoms with Crippen molar-refractivity contribution in [2.24, 2.45) is 23.5 Å². The van der Waals surface area contributed by atoms with Crippen molar-refractivity contribution in [1.29, 1.82) is 0 Å². The maximum atomic E-state index is 12.6. The highest BCUT2D eigenvalue weighted by Crippen LogP contribution is 2.58. The van der Waals surface area contributed by atoms with Crippen molar-refractivity contribution >= 4 is 5.91 Å². The zero-order chi connectivity index (χ0) is 21.6. The van der Waals surface area contributed by atoms with Gasteiger partial charge in [-0.2, -0.15) is 0 Å². The molecular weight excluding hydrogens is 515 g/mol. The number of carbonyl (C=O) groups is 1. The van der Waals surface area contributed by atoms with Crippen molar-refractivity contribution in [2.75, 3.05) is 33.5 Å². The number of primary amides is 1. The number of piperidine rings is 1. The summed E-state index contributed by atoms with van der Waals surface area (Å²) in [6.07, 6.45) is 2.69. The number of likely N-dealkylation sites (N-methyl/N-ethyl adjacent to an activating group) is 1. The van der Waals surface area contributed by atoms with Crippen molar-refractivity contribution in [2.45, 2.75) is 31.6 Å². The van der Waals surface area contributed by atoms with E-state index in [9.17, 15) is 4.79 Å². The van der Waals surface area contributed by atoms with Crippen LogP contribution in [0.15, 0.2) is 48.5 Å². The summed E-state index contributed by atoms with van der Waals surface area (Å²) in [5.41, 5.74) is 7.83. The van der Waals surface area contributed by atoms with Gasteiger partial charge < -0.3 is 43.7 Å². The number of likely N-dealkylation sites (tertiary alicyclic amines) is 1. The van der Waals surface area contributed by atoms with Gasteiger partial charge in [0.05, 0.1) is 32.1 Å². The van der Waals surface area contributed by atoms with E-state index < -0.39 is 5.41 Å². The van der Waals surface area contributed by atoms with Gasteiger partial charge in [0, 0.05) is 18.3 Å². The topological polar surface area (TPSA) is 61.6 Å². The molecule has 2 heterocycles. The third-order valence-electron chi connectivity index (χ3n) is 8.18. The smallest absolute Gasteiger partial charge is 0.231 e. The summed E-state index contributed by atoms with van der Waals surface area (Å²) in [4.78, 5) is 12.6. The highest BCUT2D eigenvalue weighted by atomic mass is 127. The predicted octanol–water partition coefficient (Wildman–Crippen LogP) is 0.508. The van der Waals surface area contributed by atoms with Crippen LogP contribution in [-0.2, 0) is 16.6 Å². The molecule has 5 rings (SSSR count). The number of nitrogens with zero attached hydrogens (tertiary/aromatic N) is 1. The molecule has 3 unspecified atom stereocenters. The molecule has 2 N–H and O–H groups in total. The zero-order valence-corrected chi connectivity index (χ0v) is 21.1. The van der Waals surface area contributed by atoms with Crippen LogP contribution in [0.4, 0.5) is 0 Å². The number of quaternary nitrogens is 1. The number of amides is 1. The van der Waals surface area contributed by atoms with Gasteiger partial charge in [-0.1, -0.05) is 43.3 Å². The summed E-state index contributed by atoms with van der Waals surface area (Å²) in [7, 11) is 2.38. The molecular formula is C26H33IN2O3. The van der Waals surface area contributed by atoms with Crippen LogP contribution < -0.4 is 39.2 Å². The van der Waals surface area contributed by atoms with E-state index in [-0.39, 0.29) is 29.9 Å². The van der Waals surface area contributed by atoms with Crippen LogP contribution in [-0.4, -0.2) is 43.9 Å². The second-order valence-corrected chi connectivity index (χ2v) is 10.0. The lowest BCUT2D eigenvalue weighted by Gasteiger charge is -2.35. The van der Waals surface area contributed by atoms with Gasteiger partial charge in [-0.05, 0) is 42.0 Å². The predicted molar refractivity (Wildman–Crippen MR) is 120 cm³/mol. The molecule has 0 spiro atoms. The Morgan fingerprint density at radius 2 is 1.78 bits per heavy atom. The average Bonchev–Trinajstić information content (AvgIpc) is 3.13. The summed E-state index contributed by atoms with van der Waals surface area (Å²) in [6.45, 7) is 5.96. The lowest BCUT2D eigenvalue weighted by atomic mass is 9.72. The Labute approximate surface area is 207 Å². The number of benzene rings is 2. The van der Waals surface area contributed by atoms with Gasteiger partial charge in [0.25, 0.3) is 0 Å². The highest BCUT2D eigenvalue weighted by Gasteiger charge is 2.63. The number of fused-ring (bicyclic) bond motifs is 2. The minimum Gasteiger partial charge on any atom is -1.00 e. The fourth-order valence-corrected chi connectivity index (χ4v) is 6.18. The Morgan fingerprint density at radius 3 is 2.44 bits per heavy atom. The average molecular weight is 548 g/mol. The maximum absolute atomic E-state index is 12.6. The summed E-state index contributed by atoms with van der Waals surface area (Å²) in [5, 5.41) is 0. The second-order valence-electron chi connectivity index (χ2n) is 10.0. The molecule has 1 aliphatic carbocycles. The number of nitrogens with two attached hydrogens (primary N) is 1. The van der Waals surface area contributed by atoms with Crippen molar-refractivity contribution in [1.82, 2.24) is 0 Å². The van der Waals surface area contributed by atoms with Crippen molar-refractivity contribution in [3.63, 3.8) is 0 Å². The van der Waals surface area contributed by atoms with E-state index in [2.05, 4.69) is 38.2 Å². The van der Waals surface area contributed by atoms with Gasteiger partial charge in [-0.25, -0.2) is 0 Å². The molecule has 3 atom stereocenters. The largest absolute Gasteiger partial charge is 1.00 e. The molecule has 2 fully saturated rings. The van der Waals surface area contributed by atoms with Crippen molar-refractivity contribution in [3.8, 4) is 11.5 Å². The van der Waals surface area contributed by atoms with E-state index in [1.165, 1.54) is 18.7 Å². The van der Waals surface area contributed by atoms with E-state index in [0.29, 0.717) is 12.7 Å². The molecule has 1 saturated carbocycles. The van der Waals surface area contributed by atoms with E-state index in [1.807, 2.05) is 24.3 Å². The molecule has 5 nitrogen and oxygen atoms in total. The first-order valence-corrected chi connectivity index (χ1v) is 11.5. The highest BCUT2D eigenvalue weighted by molar-refractivity contribution is 5.86. The molecule has 2 aliphatic heterocycles. The number of halogens is 1. The van der Waals surface area contributed by atoms with E-state index >= 15 is 0 Å². The minimum absolute atomic E-state index is 0. The van der Waals surface area contributed by atoms with Gasteiger partial charge in [-0.15, -0.1) is 0 Å². The first-order valence-electron chi connectivity index (χ1n) is 11.5. The summed E-state index contributed by atoms with van der Waals surface area (Å²) in [6, 6.07) is 16.5. The van der Waals surface area contributed by atoms with Crippen LogP contribution in [0, 0.1) is 17.8 Å². The Hall–Kier alpha value is -1.80. The van der Waals surface area contributed by atoms with Gasteiger partial charge in [0.15, 0.2) is 11.5 Å². The van der Waals surface area contributed by atoms with Crippen LogP contribution in [0.1, 0.15) is 30.9 Å². The van der Waals surface area contributed by atoms with Gasteiger partial charge >= 0.3 is 0 Å². The number of rotatable bonds is 8. The van der Waals surface area contributed by atoms with Crippen LogP contribution >= 0.6 is 0 Å². The fraction of sp³-hybridized carbons (Fsp3) is 0.500. The maximum Gasteiger partial charge on any atom is 0.231 e. The Balaban J connectivity index is 0.00000245. The van der Waals surface area contributed by atoms with Gasteiger partial charge in [-0.3, -0.25) is 4.79 Å². The van der Waals surface area contributed by atoms with Crippen LogP contribution in [0.5, 0.6) is 11.5 Å². The van der Waals surface area contributed by atoms with Crippen LogP contribution in [0.3, 0.4) is 0 Å². The third-order valence-corrected chi connectivity index (χ3v) is 8.18. The van der Waals surface area contributed by atoms with E-state index in [4.69, 9.17) is 15.2 Å². The Morgan fingerprint density at radius 1 is 1.09 bits per heavy atom. The number of carbonyl (C=O) groups excluding carboxylic acids is 1. The van der Waals surface area contributed by atoms with Crippen LogP contribution in [0.25, 0.3) is 0 Å². The monoisotopic (exact) mass is 548 g/mol. The molecule has 2 aromatic carbocycles. The number of hydrogen-bond donors (Lipinski definition) is 1. The molecule has 1 amide bonds. The lowest BCUT2D eigenvalue weighted by molar-refractivity contribution is -0.903. The molecule has 0 radical (unpaired) electrons. The number of ether oxygens (including phenoxy) is 2. The molecule has 1 saturated heterocycles. The molecule has 172 valence electrons. The SMILES string of the molecule is CCC(CC1C2C[N+](C)(CCc3ccc4c(c3)OCO4)CC12)(C(N)=O)c1ccccc1.[I-]. The molecule has 32 heavy (non-hydrogen) atoms. The molecule has 3 aliphatic rings. The molecule has 0 bridgehead atoms. The quantitative estimate of drug-likeness (QED) is 0.387. The first kappa shape index (κ1) is 23.4. The minimum atomic E-state index is -0.536. The van der Waals surface area contributed by atoms with E-state index in [0.717, 1.165) is 59.2 Å². The Bertz CT molecular complexity index is 970. The number of hydrogen-bond acceptors (Lipinski definition) is 3. The molecule has 0 aromatic heterocycles. The van der Waals surface area contributed by atoms with Gasteiger partial charge in [0.2, 0.25) is 12.7 Å². The standard InChI is InChI=1S/C26H32N2O3.HI/c1-3-26(25(27)29,19-7-5-4-6-8-19)14-20-21-15-28(2,16-22(20)21)12-11-18-9-10-23-24(13-18)31-17-30-23;/h4-10,13,20-22H,3,11-12,14-17H2,1-2H3,(H-,27,29);1H. The summed E-state index contributed by atoms with van der Waals surface area (Å²) in [5.74, 6) is 3.59. The fourth-order valence-electron chi connectivity index (χ4n) is 6.18. The molecule has 2 aromatic rings. The summed E-state index contributed by atoms with van der Waals surface area (Å²) >= 11 is 0. The summed E-state index contributed by atoms with van der Waals surface area (Å²) < 4.78 is 12.1. The zero-order valence-electron chi connectivity index (χ0n) is 18.9. The van der Waals surface area contributed by atoms with E-state index in [1.54, 1.807) is 0 Å².